The van der Waals surface area contributed by atoms with Gasteiger partial charge in [-0.1, -0.05) is 6.92 Å². The fourth-order valence-corrected chi connectivity index (χ4v) is 1.38. The predicted octanol–water partition coefficient (Wildman–Crippen LogP) is -0.291. The van der Waals surface area contributed by atoms with E-state index < -0.39 is 0 Å². The molecule has 0 aromatic rings. The van der Waals surface area contributed by atoms with Crippen molar-refractivity contribution in [1.29, 1.82) is 0 Å². The van der Waals surface area contributed by atoms with Gasteiger partial charge in [-0.2, -0.15) is 0 Å². The second kappa shape index (κ2) is 4.70. The molecule has 2 atom stereocenters. The first-order chi connectivity index (χ1) is 5.34. The lowest BCUT2D eigenvalue weighted by atomic mass is 10.0. The second-order valence-electron chi connectivity index (χ2n) is 3.12. The zero-order valence-electron chi connectivity index (χ0n) is 7.14. The van der Waals surface area contributed by atoms with Crippen LogP contribution in [0.25, 0.3) is 0 Å². The average molecular weight is 158 g/mol. The van der Waals surface area contributed by atoms with E-state index in [1.54, 1.807) is 0 Å². The van der Waals surface area contributed by atoms with Crippen molar-refractivity contribution in [3.8, 4) is 0 Å². The van der Waals surface area contributed by atoms with Crippen LogP contribution >= 0.6 is 0 Å². The third-order valence-electron chi connectivity index (χ3n) is 2.10. The summed E-state index contributed by atoms with van der Waals surface area (Å²) in [4.78, 5) is 0. The first-order valence-corrected chi connectivity index (χ1v) is 4.46. The standard InChI is InChI=1S/C8H18N2O/c1-2-4-10-7-6-9-5-3-8(7)11/h7-11H,2-6H2,1H3/t7-,8-/m0/s1. The van der Waals surface area contributed by atoms with Crippen molar-refractivity contribution in [3.63, 3.8) is 0 Å². The maximum absolute atomic E-state index is 9.49. The summed E-state index contributed by atoms with van der Waals surface area (Å²) in [6.45, 7) is 4.99. The first-order valence-electron chi connectivity index (χ1n) is 4.46. The molecule has 0 aromatic heterocycles. The molecule has 1 saturated heterocycles. The van der Waals surface area contributed by atoms with Crippen molar-refractivity contribution < 1.29 is 5.11 Å². The number of aliphatic hydroxyl groups excluding tert-OH is 1. The highest BCUT2D eigenvalue weighted by Crippen LogP contribution is 2.02. The van der Waals surface area contributed by atoms with Crippen LogP contribution in [0.3, 0.4) is 0 Å². The second-order valence-corrected chi connectivity index (χ2v) is 3.12. The Labute approximate surface area is 68.2 Å². The molecule has 11 heavy (non-hydrogen) atoms. The molecule has 3 nitrogen and oxygen atoms in total. The van der Waals surface area contributed by atoms with E-state index in [1.807, 2.05) is 0 Å². The van der Waals surface area contributed by atoms with Crippen molar-refractivity contribution >= 4 is 0 Å². The van der Waals surface area contributed by atoms with Gasteiger partial charge < -0.3 is 15.7 Å². The third kappa shape index (κ3) is 2.77. The lowest BCUT2D eigenvalue weighted by Crippen LogP contribution is -2.52. The van der Waals surface area contributed by atoms with E-state index in [0.717, 1.165) is 32.5 Å². The Morgan fingerprint density at radius 1 is 1.64 bits per heavy atom. The van der Waals surface area contributed by atoms with Gasteiger partial charge in [0, 0.05) is 12.6 Å². The maximum atomic E-state index is 9.49. The molecule has 3 N–H and O–H groups in total. The highest BCUT2D eigenvalue weighted by molar-refractivity contribution is 4.82. The molecule has 1 rings (SSSR count). The smallest absolute Gasteiger partial charge is 0.0717 e. The van der Waals surface area contributed by atoms with Gasteiger partial charge in [0.25, 0.3) is 0 Å². The molecule has 1 heterocycles. The molecule has 0 saturated carbocycles. The van der Waals surface area contributed by atoms with Gasteiger partial charge in [0.05, 0.1) is 6.10 Å². The van der Waals surface area contributed by atoms with E-state index in [-0.39, 0.29) is 12.1 Å². The summed E-state index contributed by atoms with van der Waals surface area (Å²) in [6, 6.07) is 0.267. The van der Waals surface area contributed by atoms with Gasteiger partial charge in [-0.25, -0.2) is 0 Å². The van der Waals surface area contributed by atoms with Crippen LogP contribution in [0.5, 0.6) is 0 Å². The predicted molar refractivity (Wildman–Crippen MR) is 45.6 cm³/mol. The van der Waals surface area contributed by atoms with Gasteiger partial charge in [-0.15, -0.1) is 0 Å². The van der Waals surface area contributed by atoms with Gasteiger partial charge >= 0.3 is 0 Å². The van der Waals surface area contributed by atoms with Crippen LogP contribution < -0.4 is 10.6 Å². The van der Waals surface area contributed by atoms with E-state index in [2.05, 4.69) is 17.6 Å². The maximum Gasteiger partial charge on any atom is 0.0717 e. The van der Waals surface area contributed by atoms with Crippen LogP contribution in [0.2, 0.25) is 0 Å². The molecule has 0 unspecified atom stereocenters. The van der Waals surface area contributed by atoms with Crippen LogP contribution in [0.4, 0.5) is 0 Å². The Hall–Kier alpha value is -0.120. The number of rotatable bonds is 3. The van der Waals surface area contributed by atoms with Crippen molar-refractivity contribution in [2.75, 3.05) is 19.6 Å². The minimum atomic E-state index is -0.150. The Balaban J connectivity index is 2.18. The highest BCUT2D eigenvalue weighted by Gasteiger charge is 2.21. The Kier molecular flexibility index (Phi) is 3.83. The zero-order chi connectivity index (χ0) is 8.10. The van der Waals surface area contributed by atoms with Crippen LogP contribution in [-0.4, -0.2) is 36.9 Å². The summed E-state index contributed by atoms with van der Waals surface area (Å²) >= 11 is 0. The van der Waals surface area contributed by atoms with Crippen molar-refractivity contribution in [2.24, 2.45) is 0 Å². The van der Waals surface area contributed by atoms with E-state index in [9.17, 15) is 5.11 Å². The lowest BCUT2D eigenvalue weighted by Gasteiger charge is -2.29. The summed E-state index contributed by atoms with van der Waals surface area (Å²) in [5.41, 5.74) is 0. The zero-order valence-corrected chi connectivity index (χ0v) is 7.14. The summed E-state index contributed by atoms with van der Waals surface area (Å²) < 4.78 is 0. The summed E-state index contributed by atoms with van der Waals surface area (Å²) in [7, 11) is 0. The normalized spacial score (nSPS) is 32.2. The Bertz CT molecular complexity index is 108. The van der Waals surface area contributed by atoms with Gasteiger partial charge in [0.2, 0.25) is 0 Å². The Morgan fingerprint density at radius 2 is 2.45 bits per heavy atom. The highest BCUT2D eigenvalue weighted by atomic mass is 16.3. The molecule has 0 spiro atoms. The van der Waals surface area contributed by atoms with Crippen molar-refractivity contribution in [3.05, 3.63) is 0 Å². The molecule has 0 amide bonds. The topological polar surface area (TPSA) is 44.3 Å². The van der Waals surface area contributed by atoms with Crippen LogP contribution in [0, 0.1) is 0 Å². The SMILES string of the molecule is CCCN[C@H]1CNCC[C@@H]1O. The molecule has 1 fully saturated rings. The van der Waals surface area contributed by atoms with Gasteiger partial charge in [0.1, 0.15) is 0 Å². The first kappa shape index (κ1) is 8.97. The number of nitrogens with one attached hydrogen (secondary N) is 2. The molecule has 0 aliphatic carbocycles. The van der Waals surface area contributed by atoms with Crippen LogP contribution in [0.1, 0.15) is 19.8 Å². The minimum absolute atomic E-state index is 0.150. The van der Waals surface area contributed by atoms with E-state index in [1.165, 1.54) is 0 Å². The summed E-state index contributed by atoms with van der Waals surface area (Å²) in [5, 5.41) is 16.1. The van der Waals surface area contributed by atoms with E-state index >= 15 is 0 Å². The van der Waals surface area contributed by atoms with Crippen molar-refractivity contribution in [2.45, 2.75) is 31.9 Å². The number of hydrogen-bond donors (Lipinski definition) is 3. The molecule has 1 aliphatic rings. The van der Waals surface area contributed by atoms with Gasteiger partial charge in [-0.05, 0) is 25.9 Å². The number of hydrogen-bond acceptors (Lipinski definition) is 3. The van der Waals surface area contributed by atoms with Crippen LogP contribution in [-0.2, 0) is 0 Å². The Morgan fingerprint density at radius 3 is 3.09 bits per heavy atom. The molecular weight excluding hydrogens is 140 g/mol. The monoisotopic (exact) mass is 158 g/mol. The number of aliphatic hydroxyl groups is 1. The van der Waals surface area contributed by atoms with E-state index in [4.69, 9.17) is 0 Å². The fraction of sp³-hybridized carbons (Fsp3) is 1.00. The van der Waals surface area contributed by atoms with Gasteiger partial charge in [0.15, 0.2) is 0 Å². The molecule has 0 aromatic carbocycles. The molecule has 66 valence electrons. The summed E-state index contributed by atoms with van der Waals surface area (Å²) in [5.74, 6) is 0. The largest absolute Gasteiger partial charge is 0.391 e. The molecule has 3 heteroatoms. The molecule has 0 radical (unpaired) electrons. The number of piperidine rings is 1. The molecule has 1 aliphatic heterocycles. The molecule has 0 bridgehead atoms. The quantitative estimate of drug-likeness (QED) is 0.529. The van der Waals surface area contributed by atoms with E-state index in [0.29, 0.717) is 0 Å². The average Bonchev–Trinajstić information content (AvgIpc) is 2.03. The van der Waals surface area contributed by atoms with Crippen LogP contribution in [0.15, 0.2) is 0 Å². The van der Waals surface area contributed by atoms with Crippen molar-refractivity contribution in [1.82, 2.24) is 10.6 Å². The fourth-order valence-electron chi connectivity index (χ4n) is 1.38. The summed E-state index contributed by atoms with van der Waals surface area (Å²) in [6.07, 6.45) is 1.85. The van der Waals surface area contributed by atoms with Gasteiger partial charge in [-0.3, -0.25) is 0 Å². The third-order valence-corrected chi connectivity index (χ3v) is 2.10. The lowest BCUT2D eigenvalue weighted by molar-refractivity contribution is 0.0995. The molecular formula is C8H18N2O. The minimum Gasteiger partial charge on any atom is -0.391 e.